The summed E-state index contributed by atoms with van der Waals surface area (Å²) in [5.74, 6) is 0. The van der Waals surface area contributed by atoms with E-state index in [1.165, 1.54) is 27.5 Å². The van der Waals surface area contributed by atoms with Gasteiger partial charge in [0.25, 0.3) is 0 Å². The predicted molar refractivity (Wildman–Crippen MR) is 193 cm³/mol. The molecule has 0 atom stereocenters. The quantitative estimate of drug-likeness (QED) is 0.199. The van der Waals surface area contributed by atoms with Crippen molar-refractivity contribution in [2.24, 2.45) is 0 Å². The van der Waals surface area contributed by atoms with E-state index in [4.69, 9.17) is 4.42 Å². The van der Waals surface area contributed by atoms with Crippen LogP contribution in [0.15, 0.2) is 156 Å². The zero-order chi connectivity index (χ0) is 30.5. The molecular formula is C44H29NO. The van der Waals surface area contributed by atoms with Crippen molar-refractivity contribution < 1.29 is 4.42 Å². The molecule has 0 saturated carbocycles. The topological polar surface area (TPSA) is 16.4 Å². The van der Waals surface area contributed by atoms with Crippen LogP contribution in [0.3, 0.4) is 0 Å². The Kier molecular flexibility index (Phi) is 6.21. The largest absolute Gasteiger partial charge is 0.455 e. The van der Waals surface area contributed by atoms with Crippen molar-refractivity contribution in [3.8, 4) is 11.1 Å². The lowest BCUT2D eigenvalue weighted by Gasteiger charge is -2.26. The van der Waals surface area contributed by atoms with Crippen LogP contribution in [0.2, 0.25) is 0 Å². The van der Waals surface area contributed by atoms with Gasteiger partial charge in [-0.1, -0.05) is 109 Å². The molecule has 9 rings (SSSR count). The minimum absolute atomic E-state index is 0.855. The van der Waals surface area contributed by atoms with E-state index in [0.29, 0.717) is 0 Å². The van der Waals surface area contributed by atoms with Gasteiger partial charge in [0, 0.05) is 27.5 Å². The first-order chi connectivity index (χ1) is 22.8. The first-order valence-electron chi connectivity index (χ1n) is 15.8. The van der Waals surface area contributed by atoms with E-state index < -0.39 is 0 Å². The highest BCUT2D eigenvalue weighted by Crippen LogP contribution is 2.47. The van der Waals surface area contributed by atoms with Gasteiger partial charge in [-0.25, -0.2) is 0 Å². The summed E-state index contributed by atoms with van der Waals surface area (Å²) in [4.78, 5) is 2.35. The summed E-state index contributed by atoms with van der Waals surface area (Å²) in [6.45, 7) is 0. The van der Waals surface area contributed by atoms with E-state index in [-0.39, 0.29) is 0 Å². The van der Waals surface area contributed by atoms with Gasteiger partial charge in [0.1, 0.15) is 11.2 Å². The summed E-state index contributed by atoms with van der Waals surface area (Å²) in [5.41, 5.74) is 9.94. The number of fused-ring (bicyclic) bond motifs is 6. The van der Waals surface area contributed by atoms with Gasteiger partial charge in [-0.3, -0.25) is 0 Å². The van der Waals surface area contributed by atoms with E-state index in [0.717, 1.165) is 68.2 Å². The highest BCUT2D eigenvalue weighted by molar-refractivity contribution is 6.22. The van der Waals surface area contributed by atoms with E-state index in [1.807, 2.05) is 6.07 Å². The molecule has 1 heterocycles. The Bertz CT molecular complexity index is 2480. The fourth-order valence-electron chi connectivity index (χ4n) is 7.04. The standard InChI is InChI=1S/C44H29NO/c1-3-15-31(16-4-1)35-20-9-10-21-36(35)39-29-40-43-41(24-13-25-42(43)46-44(40)38-23-12-11-22-37(38)39)45(33-18-5-2-6-19-33)34-27-26-30-14-7-8-17-32(30)28-34/h1-3,5-10,12-15,17-21,23-29H,4,16H2. The Balaban J connectivity index is 1.35. The van der Waals surface area contributed by atoms with Crippen molar-refractivity contribution in [1.29, 1.82) is 0 Å². The second kappa shape index (κ2) is 10.8. The van der Waals surface area contributed by atoms with Gasteiger partial charge in [-0.05, 0) is 100 Å². The van der Waals surface area contributed by atoms with Crippen molar-refractivity contribution >= 4 is 66.1 Å². The Morgan fingerprint density at radius 2 is 1.46 bits per heavy atom. The van der Waals surface area contributed by atoms with Gasteiger partial charge in [-0.15, -0.1) is 0 Å². The van der Waals surface area contributed by atoms with Gasteiger partial charge in [0.05, 0.1) is 11.1 Å². The van der Waals surface area contributed by atoms with Crippen LogP contribution in [0.1, 0.15) is 18.4 Å². The zero-order valence-electron chi connectivity index (χ0n) is 25.2. The Hall–Kier alpha value is -6.04. The van der Waals surface area contributed by atoms with Gasteiger partial charge < -0.3 is 9.32 Å². The lowest BCUT2D eigenvalue weighted by molar-refractivity contribution is 0.673. The van der Waals surface area contributed by atoms with Crippen LogP contribution in [0.5, 0.6) is 0 Å². The number of hydrogen-bond acceptors (Lipinski definition) is 2. The van der Waals surface area contributed by atoms with Crippen LogP contribution < -0.4 is 4.90 Å². The first-order valence-corrected chi connectivity index (χ1v) is 15.8. The molecule has 0 bridgehead atoms. The molecule has 1 aliphatic carbocycles. The lowest BCUT2D eigenvalue weighted by Crippen LogP contribution is -2.10. The molecule has 1 aliphatic rings. The zero-order valence-corrected chi connectivity index (χ0v) is 25.2. The Labute approximate surface area is 268 Å². The molecule has 0 saturated heterocycles. The molecule has 0 unspecified atom stereocenters. The first kappa shape index (κ1) is 26.4. The maximum atomic E-state index is 6.75. The van der Waals surface area contributed by atoms with Gasteiger partial charge in [-0.2, -0.15) is 0 Å². The molecule has 216 valence electrons. The molecule has 0 spiro atoms. The average molecular weight is 588 g/mol. The maximum absolute atomic E-state index is 6.75. The van der Waals surface area contributed by atoms with Crippen molar-refractivity contribution in [2.75, 3.05) is 4.90 Å². The second-order valence-corrected chi connectivity index (χ2v) is 11.9. The number of rotatable bonds is 5. The Morgan fingerprint density at radius 3 is 2.33 bits per heavy atom. The summed E-state index contributed by atoms with van der Waals surface area (Å²) in [7, 11) is 0. The monoisotopic (exact) mass is 587 g/mol. The fraction of sp³-hybridized carbons (Fsp3) is 0.0455. The minimum Gasteiger partial charge on any atom is -0.455 e. The molecule has 0 radical (unpaired) electrons. The highest BCUT2D eigenvalue weighted by atomic mass is 16.3. The third-order valence-electron chi connectivity index (χ3n) is 9.16. The molecule has 7 aromatic carbocycles. The molecule has 0 N–H and O–H groups in total. The van der Waals surface area contributed by atoms with Gasteiger partial charge >= 0.3 is 0 Å². The summed E-state index contributed by atoms with van der Waals surface area (Å²) >= 11 is 0. The second-order valence-electron chi connectivity index (χ2n) is 11.9. The van der Waals surface area contributed by atoms with Gasteiger partial charge in [0.15, 0.2) is 0 Å². The number of para-hydroxylation sites is 1. The number of hydrogen-bond donors (Lipinski definition) is 0. The molecule has 0 fully saturated rings. The van der Waals surface area contributed by atoms with Crippen LogP contribution >= 0.6 is 0 Å². The molecule has 2 nitrogen and oxygen atoms in total. The third kappa shape index (κ3) is 4.29. The fourth-order valence-corrected chi connectivity index (χ4v) is 7.04. The summed E-state index contributed by atoms with van der Waals surface area (Å²) in [5, 5.41) is 6.65. The molecule has 8 aromatic rings. The molecule has 0 amide bonds. The van der Waals surface area contributed by atoms with Crippen LogP contribution in [0, 0.1) is 12.1 Å². The van der Waals surface area contributed by atoms with Crippen LogP contribution in [-0.2, 0) is 0 Å². The number of benzene rings is 6. The van der Waals surface area contributed by atoms with Crippen molar-refractivity contribution in [3.63, 3.8) is 0 Å². The lowest BCUT2D eigenvalue weighted by atomic mass is 9.88. The normalized spacial score (nSPS) is 12.9. The molecule has 0 aliphatic heterocycles. The molecule has 46 heavy (non-hydrogen) atoms. The number of anilines is 3. The molecule has 2 heteroatoms. The summed E-state index contributed by atoms with van der Waals surface area (Å²) in [6, 6.07) is 54.0. The van der Waals surface area contributed by atoms with Crippen molar-refractivity contribution in [2.45, 2.75) is 12.8 Å². The van der Waals surface area contributed by atoms with Crippen LogP contribution in [0.25, 0.3) is 60.2 Å². The van der Waals surface area contributed by atoms with E-state index in [9.17, 15) is 0 Å². The maximum Gasteiger partial charge on any atom is 0.144 e. The number of nitrogens with zero attached hydrogens (tertiary/aromatic N) is 1. The molecular weight excluding hydrogens is 558 g/mol. The Morgan fingerprint density at radius 1 is 0.630 bits per heavy atom. The minimum atomic E-state index is 0.855. The summed E-state index contributed by atoms with van der Waals surface area (Å²) in [6.07, 6.45) is 8.76. The smallest absolute Gasteiger partial charge is 0.144 e. The van der Waals surface area contributed by atoms with Crippen molar-refractivity contribution in [1.82, 2.24) is 0 Å². The average Bonchev–Trinajstić information content (AvgIpc) is 3.52. The highest BCUT2D eigenvalue weighted by Gasteiger charge is 2.23. The van der Waals surface area contributed by atoms with Crippen LogP contribution in [-0.4, -0.2) is 0 Å². The third-order valence-corrected chi connectivity index (χ3v) is 9.16. The predicted octanol–water partition coefficient (Wildman–Crippen LogP) is 12.4. The number of allylic oxidation sites excluding steroid dienone is 4. The van der Waals surface area contributed by atoms with Gasteiger partial charge in [0.2, 0.25) is 0 Å². The molecule has 1 aromatic heterocycles. The summed E-state index contributed by atoms with van der Waals surface area (Å²) < 4.78 is 6.75. The van der Waals surface area contributed by atoms with Crippen molar-refractivity contribution in [3.05, 3.63) is 169 Å². The van der Waals surface area contributed by atoms with Crippen LogP contribution in [0.4, 0.5) is 17.1 Å². The number of furan rings is 1. The van der Waals surface area contributed by atoms with E-state index >= 15 is 0 Å². The van der Waals surface area contributed by atoms with E-state index in [1.54, 1.807) is 0 Å². The van der Waals surface area contributed by atoms with E-state index in [2.05, 4.69) is 163 Å². The SMILES string of the molecule is c1ccc2c(c#1)c(-c1ccccc1C1=CC=CCC1)cc1c2oc2cccc(N(c3ccccc3)c3ccc4ccccc4c3)c21.